The summed E-state index contributed by atoms with van der Waals surface area (Å²) in [7, 11) is 0. The highest BCUT2D eigenvalue weighted by molar-refractivity contribution is 7.09. The Balaban J connectivity index is 2.62. The first-order valence-electron chi connectivity index (χ1n) is 5.17. The summed E-state index contributed by atoms with van der Waals surface area (Å²) >= 11 is 1.68. The van der Waals surface area contributed by atoms with Crippen LogP contribution in [0, 0.1) is 0 Å². The Morgan fingerprint density at radius 1 is 1.60 bits per heavy atom. The molecule has 4 heteroatoms. The SMILES string of the molecule is CC(C)N(Cc1cccs1)C(=O)CCN. The molecule has 15 heavy (non-hydrogen) atoms. The maximum absolute atomic E-state index is 11.8. The smallest absolute Gasteiger partial charge is 0.224 e. The predicted octanol–water partition coefficient (Wildman–Crippen LogP) is 1.83. The minimum Gasteiger partial charge on any atom is -0.335 e. The van der Waals surface area contributed by atoms with Crippen LogP contribution in [0.2, 0.25) is 0 Å². The second kappa shape index (κ2) is 5.88. The zero-order valence-electron chi connectivity index (χ0n) is 9.27. The van der Waals surface area contributed by atoms with Gasteiger partial charge in [-0.1, -0.05) is 6.07 Å². The lowest BCUT2D eigenvalue weighted by Crippen LogP contribution is -2.37. The van der Waals surface area contributed by atoms with E-state index in [-0.39, 0.29) is 11.9 Å². The van der Waals surface area contributed by atoms with Crippen molar-refractivity contribution in [1.29, 1.82) is 0 Å². The summed E-state index contributed by atoms with van der Waals surface area (Å²) < 4.78 is 0. The first kappa shape index (κ1) is 12.2. The number of nitrogens with two attached hydrogens (primary N) is 1. The van der Waals surface area contributed by atoms with Crippen molar-refractivity contribution in [3.05, 3.63) is 22.4 Å². The van der Waals surface area contributed by atoms with Gasteiger partial charge in [-0.3, -0.25) is 4.79 Å². The topological polar surface area (TPSA) is 46.3 Å². The third-order valence-electron chi connectivity index (χ3n) is 2.21. The van der Waals surface area contributed by atoms with Crippen molar-refractivity contribution in [3.8, 4) is 0 Å². The third kappa shape index (κ3) is 3.64. The highest BCUT2D eigenvalue weighted by atomic mass is 32.1. The number of hydrogen-bond donors (Lipinski definition) is 1. The molecule has 3 nitrogen and oxygen atoms in total. The Hall–Kier alpha value is -0.870. The molecule has 1 aromatic heterocycles. The van der Waals surface area contributed by atoms with Crippen molar-refractivity contribution in [2.75, 3.05) is 6.54 Å². The molecule has 0 fully saturated rings. The molecule has 84 valence electrons. The minimum absolute atomic E-state index is 0.140. The molecule has 1 heterocycles. The largest absolute Gasteiger partial charge is 0.335 e. The van der Waals surface area contributed by atoms with Crippen LogP contribution in [0.4, 0.5) is 0 Å². The van der Waals surface area contributed by atoms with Gasteiger partial charge in [-0.25, -0.2) is 0 Å². The van der Waals surface area contributed by atoms with E-state index in [1.54, 1.807) is 11.3 Å². The van der Waals surface area contributed by atoms with Crippen molar-refractivity contribution in [2.45, 2.75) is 32.9 Å². The Labute approximate surface area is 94.9 Å². The molecular formula is C11H18N2OS. The van der Waals surface area contributed by atoms with Gasteiger partial charge in [-0.05, 0) is 25.3 Å². The molecule has 0 aliphatic carbocycles. The lowest BCUT2D eigenvalue weighted by molar-refractivity contribution is -0.133. The summed E-state index contributed by atoms with van der Waals surface area (Å²) in [4.78, 5) is 14.9. The van der Waals surface area contributed by atoms with Gasteiger partial charge in [-0.2, -0.15) is 0 Å². The van der Waals surface area contributed by atoms with Crippen molar-refractivity contribution < 1.29 is 4.79 Å². The lowest BCUT2D eigenvalue weighted by atomic mass is 10.2. The highest BCUT2D eigenvalue weighted by Crippen LogP contribution is 2.14. The van der Waals surface area contributed by atoms with E-state index in [9.17, 15) is 4.79 Å². The van der Waals surface area contributed by atoms with E-state index in [1.165, 1.54) is 4.88 Å². The predicted molar refractivity (Wildman–Crippen MR) is 63.7 cm³/mol. The van der Waals surface area contributed by atoms with Gasteiger partial charge >= 0.3 is 0 Å². The van der Waals surface area contributed by atoms with Crippen LogP contribution in [0.3, 0.4) is 0 Å². The molecule has 0 unspecified atom stereocenters. The normalized spacial score (nSPS) is 10.7. The van der Waals surface area contributed by atoms with Crippen LogP contribution in [-0.4, -0.2) is 23.4 Å². The fraction of sp³-hybridized carbons (Fsp3) is 0.545. The molecule has 0 saturated heterocycles. The maximum Gasteiger partial charge on any atom is 0.224 e. The number of carbonyl (C=O) groups is 1. The number of thiophene rings is 1. The van der Waals surface area contributed by atoms with Crippen LogP contribution in [0.1, 0.15) is 25.1 Å². The van der Waals surface area contributed by atoms with Crippen LogP contribution in [0.5, 0.6) is 0 Å². The molecular weight excluding hydrogens is 208 g/mol. The van der Waals surface area contributed by atoms with Crippen molar-refractivity contribution in [1.82, 2.24) is 4.90 Å². The van der Waals surface area contributed by atoms with Crippen LogP contribution in [-0.2, 0) is 11.3 Å². The fourth-order valence-corrected chi connectivity index (χ4v) is 2.10. The summed E-state index contributed by atoms with van der Waals surface area (Å²) in [5.41, 5.74) is 5.40. The Morgan fingerprint density at radius 3 is 2.80 bits per heavy atom. The van der Waals surface area contributed by atoms with E-state index in [0.29, 0.717) is 19.5 Å². The molecule has 0 bridgehead atoms. The summed E-state index contributed by atoms with van der Waals surface area (Å²) in [5, 5.41) is 2.03. The number of carbonyl (C=O) groups excluding carboxylic acids is 1. The zero-order valence-corrected chi connectivity index (χ0v) is 10.1. The molecule has 0 aliphatic heterocycles. The molecule has 0 radical (unpaired) electrons. The highest BCUT2D eigenvalue weighted by Gasteiger charge is 2.16. The van der Waals surface area contributed by atoms with Crippen molar-refractivity contribution >= 4 is 17.2 Å². The monoisotopic (exact) mass is 226 g/mol. The first-order valence-corrected chi connectivity index (χ1v) is 6.05. The van der Waals surface area contributed by atoms with Crippen LogP contribution < -0.4 is 5.73 Å². The fourth-order valence-electron chi connectivity index (χ4n) is 1.40. The molecule has 0 atom stereocenters. The van der Waals surface area contributed by atoms with Gasteiger partial charge in [0.2, 0.25) is 5.91 Å². The standard InChI is InChI=1S/C11H18N2OS/c1-9(2)13(11(14)5-6-12)8-10-4-3-7-15-10/h3-4,7,9H,5-6,8,12H2,1-2H3. The average molecular weight is 226 g/mol. The zero-order chi connectivity index (χ0) is 11.3. The Kier molecular flexibility index (Phi) is 4.78. The summed E-state index contributed by atoms with van der Waals surface area (Å²) in [6.45, 7) is 5.19. The van der Waals surface area contributed by atoms with E-state index in [4.69, 9.17) is 5.73 Å². The van der Waals surface area contributed by atoms with Gasteiger partial charge in [0.25, 0.3) is 0 Å². The molecule has 0 spiro atoms. The molecule has 2 N–H and O–H groups in total. The Morgan fingerprint density at radius 2 is 2.33 bits per heavy atom. The second-order valence-corrected chi connectivity index (χ2v) is 4.77. The van der Waals surface area contributed by atoms with Crippen LogP contribution >= 0.6 is 11.3 Å². The summed E-state index contributed by atoms with van der Waals surface area (Å²) in [5.74, 6) is 0.140. The van der Waals surface area contributed by atoms with Gasteiger partial charge in [0.15, 0.2) is 0 Å². The van der Waals surface area contributed by atoms with Gasteiger partial charge in [0, 0.05) is 23.9 Å². The van der Waals surface area contributed by atoms with E-state index in [1.807, 2.05) is 30.2 Å². The van der Waals surface area contributed by atoms with Crippen LogP contribution in [0.15, 0.2) is 17.5 Å². The average Bonchev–Trinajstić information content (AvgIpc) is 2.66. The molecule has 0 aliphatic rings. The van der Waals surface area contributed by atoms with Gasteiger partial charge < -0.3 is 10.6 Å². The van der Waals surface area contributed by atoms with Gasteiger partial charge in [0.05, 0.1) is 6.54 Å². The first-order chi connectivity index (χ1) is 7.15. The number of hydrogen-bond acceptors (Lipinski definition) is 3. The van der Waals surface area contributed by atoms with Crippen LogP contribution in [0.25, 0.3) is 0 Å². The van der Waals surface area contributed by atoms with Crippen molar-refractivity contribution in [2.24, 2.45) is 5.73 Å². The molecule has 1 amide bonds. The van der Waals surface area contributed by atoms with E-state index in [0.717, 1.165) is 0 Å². The number of nitrogens with zero attached hydrogens (tertiary/aromatic N) is 1. The quantitative estimate of drug-likeness (QED) is 0.832. The molecule has 0 aromatic carbocycles. The van der Waals surface area contributed by atoms with E-state index >= 15 is 0 Å². The van der Waals surface area contributed by atoms with Gasteiger partial charge in [-0.15, -0.1) is 11.3 Å². The Bertz CT molecular complexity index is 296. The summed E-state index contributed by atoms with van der Waals surface area (Å²) in [6, 6.07) is 4.29. The molecule has 0 saturated carbocycles. The number of amides is 1. The second-order valence-electron chi connectivity index (χ2n) is 3.73. The summed E-state index contributed by atoms with van der Waals surface area (Å²) in [6.07, 6.45) is 0.434. The van der Waals surface area contributed by atoms with Gasteiger partial charge in [0.1, 0.15) is 0 Å². The van der Waals surface area contributed by atoms with E-state index in [2.05, 4.69) is 6.07 Å². The molecule has 1 aromatic rings. The van der Waals surface area contributed by atoms with Crippen molar-refractivity contribution in [3.63, 3.8) is 0 Å². The third-order valence-corrected chi connectivity index (χ3v) is 3.07. The minimum atomic E-state index is 0.140. The maximum atomic E-state index is 11.8. The number of rotatable bonds is 5. The van der Waals surface area contributed by atoms with E-state index < -0.39 is 0 Å². The lowest BCUT2D eigenvalue weighted by Gasteiger charge is -2.26. The molecule has 1 rings (SSSR count).